The van der Waals surface area contributed by atoms with Crippen LogP contribution in [0.5, 0.6) is 0 Å². The van der Waals surface area contributed by atoms with E-state index in [2.05, 4.69) is 4.98 Å². The van der Waals surface area contributed by atoms with Crippen molar-refractivity contribution in [1.82, 2.24) is 9.55 Å². The van der Waals surface area contributed by atoms with E-state index in [1.54, 1.807) is 6.08 Å². The summed E-state index contributed by atoms with van der Waals surface area (Å²) in [5, 5.41) is 0. The van der Waals surface area contributed by atoms with Gasteiger partial charge in [0.05, 0.1) is 0 Å². The average Bonchev–Trinajstić information content (AvgIpc) is 2.84. The number of nitrogens with one attached hydrogen (secondary N) is 1. The lowest BCUT2D eigenvalue weighted by Gasteiger charge is -2.38. The van der Waals surface area contributed by atoms with E-state index in [1.165, 1.54) is 16.8 Å². The Morgan fingerprint density at radius 1 is 0.781 bits per heavy atom. The molecule has 5 heteroatoms. The van der Waals surface area contributed by atoms with Gasteiger partial charge in [-0.25, -0.2) is 4.79 Å². The van der Waals surface area contributed by atoms with Crippen LogP contribution in [0.4, 0.5) is 0 Å². The molecule has 32 heavy (non-hydrogen) atoms. The third kappa shape index (κ3) is 4.11. The number of aromatic nitrogens is 2. The summed E-state index contributed by atoms with van der Waals surface area (Å²) < 4.78 is 8.28. The highest BCUT2D eigenvalue weighted by atomic mass is 16.5. The smallest absolute Gasteiger partial charge is 0.330 e. The van der Waals surface area contributed by atoms with Gasteiger partial charge in [-0.2, -0.15) is 0 Å². The van der Waals surface area contributed by atoms with Crippen LogP contribution < -0.4 is 11.2 Å². The topological polar surface area (TPSA) is 64.1 Å². The van der Waals surface area contributed by atoms with Crippen molar-refractivity contribution in [2.75, 3.05) is 0 Å². The molecule has 4 rings (SSSR count). The SMILES string of the molecule is C/C=C/C(OC(c1ccccc1)(c1ccccc1)c1ccccc1)n1ccc(=O)[nH]c1=O. The molecule has 1 unspecified atom stereocenters. The van der Waals surface area contributed by atoms with Crippen LogP contribution in [0, 0.1) is 0 Å². The normalized spacial score (nSPS) is 12.7. The molecule has 0 fully saturated rings. The molecule has 5 nitrogen and oxygen atoms in total. The van der Waals surface area contributed by atoms with Gasteiger partial charge in [0.15, 0.2) is 6.23 Å². The van der Waals surface area contributed by atoms with E-state index in [-0.39, 0.29) is 0 Å². The molecular formula is C27H24N2O3. The summed E-state index contributed by atoms with van der Waals surface area (Å²) in [6.07, 6.45) is 4.31. The predicted octanol–water partition coefficient (Wildman–Crippen LogP) is 4.62. The van der Waals surface area contributed by atoms with Crippen LogP contribution in [0.1, 0.15) is 29.8 Å². The van der Waals surface area contributed by atoms with E-state index in [9.17, 15) is 9.59 Å². The molecular weight excluding hydrogens is 400 g/mol. The van der Waals surface area contributed by atoms with Crippen LogP contribution >= 0.6 is 0 Å². The monoisotopic (exact) mass is 424 g/mol. The summed E-state index contributed by atoms with van der Waals surface area (Å²) in [5.41, 5.74) is 0.761. The van der Waals surface area contributed by atoms with Gasteiger partial charge in [0.1, 0.15) is 5.60 Å². The van der Waals surface area contributed by atoms with Crippen molar-refractivity contribution in [2.24, 2.45) is 0 Å². The Hall–Kier alpha value is -3.96. The molecule has 1 aromatic heterocycles. The van der Waals surface area contributed by atoms with Crippen LogP contribution in [-0.2, 0) is 10.3 Å². The summed E-state index contributed by atoms with van der Waals surface area (Å²) in [6, 6.07) is 31.1. The molecule has 0 radical (unpaired) electrons. The van der Waals surface area contributed by atoms with Crippen molar-refractivity contribution < 1.29 is 4.74 Å². The standard InChI is InChI=1S/C27H24N2O3/c1-2-12-25(29-20-19-24(30)28-26(29)31)32-27(21-13-6-3-7-14-21,22-15-8-4-9-16-22)23-17-10-5-11-18-23/h2-20,25H,1H3,(H,28,30,31)/b12-2+. The Kier molecular flexibility index (Phi) is 6.29. The predicted molar refractivity (Wildman–Crippen MR) is 125 cm³/mol. The Morgan fingerprint density at radius 3 is 1.66 bits per heavy atom. The summed E-state index contributed by atoms with van der Waals surface area (Å²) in [5.74, 6) is 0. The molecule has 0 saturated carbocycles. The van der Waals surface area contributed by atoms with E-state index in [4.69, 9.17) is 4.74 Å². The third-order valence-corrected chi connectivity index (χ3v) is 5.32. The molecule has 1 N–H and O–H groups in total. The molecule has 1 atom stereocenters. The first-order valence-electron chi connectivity index (χ1n) is 10.4. The van der Waals surface area contributed by atoms with Gasteiger partial charge in [0, 0.05) is 12.3 Å². The second-order valence-corrected chi connectivity index (χ2v) is 7.33. The van der Waals surface area contributed by atoms with Crippen molar-refractivity contribution >= 4 is 0 Å². The Labute approximate surface area is 186 Å². The molecule has 0 saturated heterocycles. The van der Waals surface area contributed by atoms with Gasteiger partial charge < -0.3 is 4.74 Å². The Balaban J connectivity index is 2.00. The quantitative estimate of drug-likeness (QED) is 0.348. The van der Waals surface area contributed by atoms with Gasteiger partial charge in [-0.15, -0.1) is 0 Å². The lowest BCUT2D eigenvalue weighted by molar-refractivity contribution is -0.0620. The fourth-order valence-corrected chi connectivity index (χ4v) is 3.88. The van der Waals surface area contributed by atoms with E-state index in [1.807, 2.05) is 104 Å². The number of rotatable bonds is 7. The first-order chi connectivity index (χ1) is 15.6. The highest BCUT2D eigenvalue weighted by Crippen LogP contribution is 2.42. The van der Waals surface area contributed by atoms with Gasteiger partial charge in [0.25, 0.3) is 5.56 Å². The molecule has 160 valence electrons. The summed E-state index contributed by atoms with van der Waals surface area (Å²) in [4.78, 5) is 26.6. The van der Waals surface area contributed by atoms with Crippen LogP contribution in [0.25, 0.3) is 0 Å². The highest BCUT2D eigenvalue weighted by Gasteiger charge is 2.40. The van der Waals surface area contributed by atoms with Crippen LogP contribution in [0.2, 0.25) is 0 Å². The number of hydrogen-bond acceptors (Lipinski definition) is 3. The minimum atomic E-state index is -1.01. The second kappa shape index (κ2) is 9.45. The molecule has 0 aliphatic carbocycles. The number of aromatic amines is 1. The minimum absolute atomic E-state index is 0.453. The number of allylic oxidation sites excluding steroid dienone is 1. The van der Waals surface area contributed by atoms with E-state index in [0.29, 0.717) is 0 Å². The van der Waals surface area contributed by atoms with Crippen molar-refractivity contribution in [2.45, 2.75) is 18.8 Å². The number of nitrogens with zero attached hydrogens (tertiary/aromatic N) is 1. The van der Waals surface area contributed by atoms with Crippen molar-refractivity contribution in [3.8, 4) is 0 Å². The van der Waals surface area contributed by atoms with Crippen molar-refractivity contribution in [3.63, 3.8) is 0 Å². The molecule has 3 aromatic carbocycles. The number of ether oxygens (including phenoxy) is 1. The van der Waals surface area contributed by atoms with Gasteiger partial charge in [-0.05, 0) is 29.7 Å². The van der Waals surface area contributed by atoms with E-state index in [0.717, 1.165) is 16.7 Å². The fourth-order valence-electron chi connectivity index (χ4n) is 3.88. The average molecular weight is 425 g/mol. The number of benzene rings is 3. The first kappa shape index (κ1) is 21.3. The summed E-state index contributed by atoms with van der Waals surface area (Å²) in [7, 11) is 0. The molecule has 4 aromatic rings. The fraction of sp³-hybridized carbons (Fsp3) is 0.111. The van der Waals surface area contributed by atoms with Gasteiger partial charge in [0.2, 0.25) is 0 Å². The molecule has 0 spiro atoms. The first-order valence-corrected chi connectivity index (χ1v) is 10.4. The number of H-pyrrole nitrogens is 1. The molecule has 0 amide bonds. The zero-order valence-corrected chi connectivity index (χ0v) is 17.7. The van der Waals surface area contributed by atoms with E-state index >= 15 is 0 Å². The molecule has 0 aliphatic rings. The third-order valence-electron chi connectivity index (χ3n) is 5.32. The second-order valence-electron chi connectivity index (χ2n) is 7.33. The number of hydrogen-bond donors (Lipinski definition) is 1. The Morgan fingerprint density at radius 2 is 1.25 bits per heavy atom. The molecule has 0 aliphatic heterocycles. The van der Waals surface area contributed by atoms with Gasteiger partial charge in [-0.3, -0.25) is 14.3 Å². The lowest BCUT2D eigenvalue weighted by atomic mass is 9.80. The zero-order valence-electron chi connectivity index (χ0n) is 17.7. The van der Waals surface area contributed by atoms with Crippen molar-refractivity contribution in [3.05, 3.63) is 153 Å². The maximum absolute atomic E-state index is 12.6. The van der Waals surface area contributed by atoms with Crippen LogP contribution in [0.3, 0.4) is 0 Å². The summed E-state index contributed by atoms with van der Waals surface area (Å²) in [6.45, 7) is 1.86. The largest absolute Gasteiger partial charge is 0.334 e. The van der Waals surface area contributed by atoms with Crippen LogP contribution in [-0.4, -0.2) is 9.55 Å². The molecule has 0 bridgehead atoms. The zero-order chi connectivity index (χ0) is 22.4. The van der Waals surface area contributed by atoms with Crippen LogP contribution in [0.15, 0.2) is 125 Å². The maximum Gasteiger partial charge on any atom is 0.330 e. The van der Waals surface area contributed by atoms with Gasteiger partial charge >= 0.3 is 5.69 Å². The minimum Gasteiger partial charge on any atom is -0.334 e. The van der Waals surface area contributed by atoms with E-state index < -0.39 is 23.1 Å². The Bertz CT molecular complexity index is 1200. The maximum atomic E-state index is 12.6. The molecule has 1 heterocycles. The lowest BCUT2D eigenvalue weighted by Crippen LogP contribution is -2.39. The highest BCUT2D eigenvalue weighted by molar-refractivity contribution is 5.47. The van der Waals surface area contributed by atoms with Gasteiger partial charge in [-0.1, -0.05) is 97.1 Å². The summed E-state index contributed by atoms with van der Waals surface area (Å²) >= 11 is 0. The van der Waals surface area contributed by atoms with Crippen molar-refractivity contribution in [1.29, 1.82) is 0 Å².